The highest BCUT2D eigenvalue weighted by Gasteiger charge is 2.25. The van der Waals surface area contributed by atoms with Gasteiger partial charge in [-0.05, 0) is 38.6 Å². The molecule has 0 aliphatic carbocycles. The van der Waals surface area contributed by atoms with Crippen molar-refractivity contribution in [2.24, 2.45) is 0 Å². The molecule has 1 aromatic heterocycles. The molecule has 144 valence electrons. The van der Waals surface area contributed by atoms with Crippen LogP contribution < -0.4 is 9.47 Å². The van der Waals surface area contributed by atoms with Crippen molar-refractivity contribution in [1.29, 1.82) is 0 Å². The zero-order chi connectivity index (χ0) is 19.6. The number of benzene rings is 1. The number of fused-ring (bicyclic) bond motifs is 1. The van der Waals surface area contributed by atoms with E-state index in [1.165, 1.54) is 7.11 Å². The molecule has 0 spiro atoms. The number of ether oxygens (including phenoxy) is 3. The second kappa shape index (κ2) is 7.84. The van der Waals surface area contributed by atoms with Gasteiger partial charge < -0.3 is 19.2 Å². The number of nitrogens with one attached hydrogen (secondary N) is 1. The normalized spacial score (nSPS) is 15.7. The standard InChI is InChI=1S/C20H24N2O5/c1-12-18(20(24)25-4)13(2)21-19(12)15(23)10-22(3)9-14-11-26-16-7-5-6-8-17(16)27-14/h5-8,14,21H,9-11H2,1-4H3/t14-/m1/s1. The molecule has 0 saturated heterocycles. The summed E-state index contributed by atoms with van der Waals surface area (Å²) in [5.74, 6) is 0.915. The smallest absolute Gasteiger partial charge is 0.339 e. The number of rotatable bonds is 6. The monoisotopic (exact) mass is 372 g/mol. The van der Waals surface area contributed by atoms with Gasteiger partial charge in [-0.1, -0.05) is 12.1 Å². The number of likely N-dealkylation sites (N-methyl/N-ethyl adjacent to an activating group) is 1. The summed E-state index contributed by atoms with van der Waals surface area (Å²) < 4.78 is 16.4. The number of methoxy groups -OCH3 is 1. The molecular weight excluding hydrogens is 348 g/mol. The SMILES string of the molecule is COC(=O)c1c(C)[nH]c(C(=O)CN(C)C[C@@H]2COc3ccccc3O2)c1C. The van der Waals surface area contributed by atoms with Crippen LogP contribution in [0.25, 0.3) is 0 Å². The Morgan fingerprint density at radius 1 is 1.26 bits per heavy atom. The van der Waals surface area contributed by atoms with Gasteiger partial charge in [-0.3, -0.25) is 9.69 Å². The maximum atomic E-state index is 12.7. The van der Waals surface area contributed by atoms with Crippen molar-refractivity contribution >= 4 is 11.8 Å². The molecule has 0 fully saturated rings. The van der Waals surface area contributed by atoms with Gasteiger partial charge in [0.25, 0.3) is 0 Å². The Hall–Kier alpha value is -2.80. The maximum Gasteiger partial charge on any atom is 0.339 e. The van der Waals surface area contributed by atoms with E-state index in [1.54, 1.807) is 13.8 Å². The first-order chi connectivity index (χ1) is 12.9. The Labute approximate surface area is 158 Å². The summed E-state index contributed by atoms with van der Waals surface area (Å²) in [6.07, 6.45) is -0.158. The van der Waals surface area contributed by atoms with Crippen LogP contribution in [0.5, 0.6) is 11.5 Å². The van der Waals surface area contributed by atoms with Crippen LogP contribution in [0, 0.1) is 13.8 Å². The van der Waals surface area contributed by atoms with Crippen molar-refractivity contribution in [2.75, 3.05) is 33.9 Å². The molecule has 2 aromatic rings. The van der Waals surface area contributed by atoms with Crippen molar-refractivity contribution in [3.05, 3.63) is 46.8 Å². The molecule has 0 bridgehead atoms. The molecule has 1 aromatic carbocycles. The molecule has 1 N–H and O–H groups in total. The summed E-state index contributed by atoms with van der Waals surface area (Å²) in [5, 5.41) is 0. The van der Waals surface area contributed by atoms with Crippen LogP contribution in [0.15, 0.2) is 24.3 Å². The Balaban J connectivity index is 1.63. The molecule has 7 nitrogen and oxygen atoms in total. The van der Waals surface area contributed by atoms with Crippen LogP contribution in [0.3, 0.4) is 0 Å². The molecule has 2 heterocycles. The number of hydrogen-bond donors (Lipinski definition) is 1. The zero-order valence-corrected chi connectivity index (χ0v) is 16.0. The topological polar surface area (TPSA) is 80.9 Å². The molecule has 27 heavy (non-hydrogen) atoms. The molecule has 3 rings (SSSR count). The van der Waals surface area contributed by atoms with Gasteiger partial charge >= 0.3 is 5.97 Å². The lowest BCUT2D eigenvalue weighted by Gasteiger charge is -2.29. The number of carbonyl (C=O) groups is 2. The van der Waals surface area contributed by atoms with Gasteiger partial charge in [-0.2, -0.15) is 0 Å². The van der Waals surface area contributed by atoms with E-state index in [0.717, 1.165) is 5.75 Å². The van der Waals surface area contributed by atoms with Gasteiger partial charge in [-0.25, -0.2) is 4.79 Å². The fourth-order valence-electron chi connectivity index (χ4n) is 3.33. The van der Waals surface area contributed by atoms with Crippen molar-refractivity contribution in [3.63, 3.8) is 0 Å². The zero-order valence-electron chi connectivity index (χ0n) is 16.0. The van der Waals surface area contributed by atoms with Gasteiger partial charge in [0.1, 0.15) is 12.7 Å². The Bertz CT molecular complexity index is 858. The lowest BCUT2D eigenvalue weighted by atomic mass is 10.1. The lowest BCUT2D eigenvalue weighted by molar-refractivity contribution is 0.0599. The van der Waals surface area contributed by atoms with Crippen LogP contribution in [0.2, 0.25) is 0 Å². The number of carbonyl (C=O) groups excluding carboxylic acids is 2. The van der Waals surface area contributed by atoms with Crippen molar-refractivity contribution in [1.82, 2.24) is 9.88 Å². The van der Waals surface area contributed by atoms with Crippen LogP contribution >= 0.6 is 0 Å². The van der Waals surface area contributed by atoms with Gasteiger partial charge in [0.05, 0.1) is 24.9 Å². The second-order valence-corrected chi connectivity index (χ2v) is 6.73. The number of Topliss-reactive ketones (excluding diaryl/α,β-unsaturated/α-hetero) is 1. The summed E-state index contributed by atoms with van der Waals surface area (Å²) in [5.41, 5.74) is 2.10. The minimum absolute atomic E-state index is 0.0922. The molecule has 1 aliphatic heterocycles. The molecule has 1 atom stereocenters. The highest BCUT2D eigenvalue weighted by atomic mass is 16.6. The molecule has 0 unspecified atom stereocenters. The third-order valence-corrected chi connectivity index (χ3v) is 4.60. The van der Waals surface area contributed by atoms with E-state index < -0.39 is 5.97 Å². The van der Waals surface area contributed by atoms with Gasteiger partial charge in [-0.15, -0.1) is 0 Å². The third kappa shape index (κ3) is 3.98. The number of esters is 1. The average Bonchev–Trinajstić information content (AvgIpc) is 2.95. The lowest BCUT2D eigenvalue weighted by Crippen LogP contribution is -2.41. The predicted octanol–water partition coefficient (Wildman–Crippen LogP) is 2.37. The average molecular weight is 372 g/mol. The molecule has 1 aliphatic rings. The molecular formula is C20H24N2O5. The van der Waals surface area contributed by atoms with Crippen molar-refractivity contribution < 1.29 is 23.8 Å². The summed E-state index contributed by atoms with van der Waals surface area (Å²) in [6.45, 7) is 4.68. The van der Waals surface area contributed by atoms with Gasteiger partial charge in [0, 0.05) is 12.2 Å². The van der Waals surface area contributed by atoms with E-state index >= 15 is 0 Å². The summed E-state index contributed by atoms with van der Waals surface area (Å²) in [4.78, 5) is 29.5. The first-order valence-corrected chi connectivity index (χ1v) is 8.78. The van der Waals surface area contributed by atoms with Crippen molar-refractivity contribution in [2.45, 2.75) is 20.0 Å². The first kappa shape index (κ1) is 19.0. The number of aryl methyl sites for hydroxylation is 1. The van der Waals surface area contributed by atoms with Crippen LogP contribution in [-0.2, 0) is 4.74 Å². The largest absolute Gasteiger partial charge is 0.486 e. The molecule has 0 saturated carbocycles. The maximum absolute atomic E-state index is 12.7. The van der Waals surface area contributed by atoms with Crippen LogP contribution in [0.1, 0.15) is 32.1 Å². The number of aromatic nitrogens is 1. The number of aromatic amines is 1. The summed E-state index contributed by atoms with van der Waals surface area (Å²) >= 11 is 0. The van der Waals surface area contributed by atoms with Crippen LogP contribution in [-0.4, -0.2) is 61.6 Å². The first-order valence-electron chi connectivity index (χ1n) is 8.78. The van der Waals surface area contributed by atoms with Crippen LogP contribution in [0.4, 0.5) is 0 Å². The molecule has 0 amide bonds. The van der Waals surface area contributed by atoms with Gasteiger partial charge in [0.15, 0.2) is 17.3 Å². The highest BCUT2D eigenvalue weighted by Crippen LogP contribution is 2.31. The fraction of sp³-hybridized carbons (Fsp3) is 0.400. The summed E-state index contributed by atoms with van der Waals surface area (Å²) in [6, 6.07) is 7.53. The fourth-order valence-corrected chi connectivity index (χ4v) is 3.33. The van der Waals surface area contributed by atoms with E-state index in [0.29, 0.717) is 41.4 Å². The predicted molar refractivity (Wildman–Crippen MR) is 99.8 cm³/mol. The number of ketones is 1. The quantitative estimate of drug-likeness (QED) is 0.619. The Kier molecular flexibility index (Phi) is 5.51. The third-order valence-electron chi connectivity index (χ3n) is 4.60. The summed E-state index contributed by atoms with van der Waals surface area (Å²) in [7, 11) is 3.18. The number of H-pyrrole nitrogens is 1. The minimum atomic E-state index is -0.444. The number of nitrogens with zero attached hydrogens (tertiary/aromatic N) is 1. The molecule has 0 radical (unpaired) electrons. The Morgan fingerprint density at radius 2 is 1.96 bits per heavy atom. The van der Waals surface area contributed by atoms with E-state index in [9.17, 15) is 9.59 Å². The van der Waals surface area contributed by atoms with E-state index in [2.05, 4.69) is 4.98 Å². The minimum Gasteiger partial charge on any atom is -0.486 e. The number of hydrogen-bond acceptors (Lipinski definition) is 6. The highest BCUT2D eigenvalue weighted by molar-refractivity contribution is 6.02. The number of para-hydroxylation sites is 2. The van der Waals surface area contributed by atoms with E-state index in [-0.39, 0.29) is 18.4 Å². The van der Waals surface area contributed by atoms with E-state index in [4.69, 9.17) is 14.2 Å². The second-order valence-electron chi connectivity index (χ2n) is 6.73. The molecule has 7 heteroatoms. The Morgan fingerprint density at radius 3 is 2.67 bits per heavy atom. The van der Waals surface area contributed by atoms with E-state index in [1.807, 2.05) is 36.2 Å². The van der Waals surface area contributed by atoms with Gasteiger partial charge in [0.2, 0.25) is 0 Å². The van der Waals surface area contributed by atoms with Crippen molar-refractivity contribution in [3.8, 4) is 11.5 Å².